The average molecular weight is 367 g/mol. The van der Waals surface area contributed by atoms with Crippen molar-refractivity contribution in [3.05, 3.63) is 65.0 Å². The monoisotopic (exact) mass is 367 g/mol. The Bertz CT molecular complexity index is 809. The van der Waals surface area contributed by atoms with E-state index in [2.05, 4.69) is 27.7 Å². The number of nitrogens with zero attached hydrogens (tertiary/aromatic N) is 1. The van der Waals surface area contributed by atoms with Gasteiger partial charge in [-0.15, -0.1) is 0 Å². The molecule has 4 rings (SSSR count). The van der Waals surface area contributed by atoms with E-state index in [-0.39, 0.29) is 17.6 Å². The van der Waals surface area contributed by atoms with E-state index in [0.29, 0.717) is 18.7 Å². The number of hydrogen-bond donors (Lipinski definition) is 2. The van der Waals surface area contributed by atoms with E-state index < -0.39 is 0 Å². The number of piperidine rings is 1. The summed E-state index contributed by atoms with van der Waals surface area (Å²) >= 11 is 0. The Morgan fingerprint density at radius 3 is 2.93 bits per heavy atom. The lowest BCUT2D eigenvalue weighted by Crippen LogP contribution is -2.40. The van der Waals surface area contributed by atoms with E-state index in [1.165, 1.54) is 5.56 Å². The van der Waals surface area contributed by atoms with Crippen LogP contribution >= 0.6 is 0 Å². The molecule has 1 amide bonds. The smallest absolute Gasteiger partial charge is 0.228 e. The van der Waals surface area contributed by atoms with E-state index in [9.17, 15) is 9.18 Å². The highest BCUT2D eigenvalue weighted by atomic mass is 19.1. The van der Waals surface area contributed by atoms with Gasteiger partial charge in [-0.3, -0.25) is 9.69 Å². The van der Waals surface area contributed by atoms with Crippen LogP contribution in [0.2, 0.25) is 0 Å². The lowest BCUT2D eigenvalue weighted by Gasteiger charge is -2.32. The number of carbonyl (C=O) groups excluding carboxylic acids is 1. The molecule has 1 saturated heterocycles. The van der Waals surface area contributed by atoms with Gasteiger partial charge in [0, 0.05) is 19.6 Å². The number of carbonyl (C=O) groups is 1. The standard InChI is InChI=1S/C22H26FN3O/c23-21-19-10-11-24-13-17(19)8-9-20(21)25-22(27)18-7-4-12-26(15-18)14-16-5-2-1-3-6-16/h1-3,5-6,8-9,18,24H,4,7,10-15H2,(H,25,27). The SMILES string of the molecule is O=C(Nc1ccc2c(c1F)CCNC2)C1CCCN(Cc2ccccc2)C1. The van der Waals surface area contributed by atoms with E-state index in [1.807, 2.05) is 24.3 Å². The topological polar surface area (TPSA) is 44.4 Å². The zero-order chi connectivity index (χ0) is 18.6. The number of halogens is 1. The third-order valence-corrected chi connectivity index (χ3v) is 5.59. The Hall–Kier alpha value is -2.24. The van der Waals surface area contributed by atoms with Crippen LogP contribution in [-0.2, 0) is 24.3 Å². The van der Waals surface area contributed by atoms with Crippen molar-refractivity contribution in [2.45, 2.75) is 32.4 Å². The second-order valence-corrected chi connectivity index (χ2v) is 7.54. The fraction of sp³-hybridized carbons (Fsp3) is 0.409. The molecule has 2 heterocycles. The molecule has 0 aromatic heterocycles. The summed E-state index contributed by atoms with van der Waals surface area (Å²) in [7, 11) is 0. The maximum atomic E-state index is 14.8. The number of anilines is 1. The van der Waals surface area contributed by atoms with Gasteiger partial charge in [-0.2, -0.15) is 0 Å². The Kier molecular flexibility index (Phi) is 5.50. The molecule has 0 radical (unpaired) electrons. The number of hydrogen-bond acceptors (Lipinski definition) is 3. The quantitative estimate of drug-likeness (QED) is 0.871. The highest BCUT2D eigenvalue weighted by molar-refractivity contribution is 5.93. The maximum Gasteiger partial charge on any atom is 0.228 e. The molecule has 5 heteroatoms. The van der Waals surface area contributed by atoms with Crippen LogP contribution in [-0.4, -0.2) is 30.4 Å². The molecular formula is C22H26FN3O. The predicted molar refractivity (Wildman–Crippen MR) is 105 cm³/mol. The summed E-state index contributed by atoms with van der Waals surface area (Å²) in [6.45, 7) is 4.04. The van der Waals surface area contributed by atoms with Crippen LogP contribution in [0, 0.1) is 11.7 Å². The third-order valence-electron chi connectivity index (χ3n) is 5.59. The molecule has 4 nitrogen and oxygen atoms in total. The highest BCUT2D eigenvalue weighted by Gasteiger charge is 2.27. The van der Waals surface area contributed by atoms with Gasteiger partial charge in [-0.05, 0) is 55.1 Å². The summed E-state index contributed by atoms with van der Waals surface area (Å²) in [4.78, 5) is 15.1. The molecule has 2 aromatic rings. The molecule has 0 spiro atoms. The lowest BCUT2D eigenvalue weighted by molar-refractivity contribution is -0.121. The van der Waals surface area contributed by atoms with Crippen LogP contribution in [0.3, 0.4) is 0 Å². The van der Waals surface area contributed by atoms with Gasteiger partial charge in [-0.25, -0.2) is 4.39 Å². The lowest BCUT2D eigenvalue weighted by atomic mass is 9.96. The first kappa shape index (κ1) is 18.1. The van der Waals surface area contributed by atoms with Crippen molar-refractivity contribution in [3.8, 4) is 0 Å². The molecule has 2 aliphatic rings. The molecule has 2 aliphatic heterocycles. The third kappa shape index (κ3) is 4.20. The molecular weight excluding hydrogens is 341 g/mol. The van der Waals surface area contributed by atoms with Crippen molar-refractivity contribution in [2.75, 3.05) is 25.0 Å². The van der Waals surface area contributed by atoms with E-state index in [0.717, 1.165) is 50.1 Å². The number of likely N-dealkylation sites (tertiary alicyclic amines) is 1. The van der Waals surface area contributed by atoms with Gasteiger partial charge in [0.2, 0.25) is 5.91 Å². The van der Waals surface area contributed by atoms with Crippen LogP contribution in [0.5, 0.6) is 0 Å². The Morgan fingerprint density at radius 2 is 2.07 bits per heavy atom. The second kappa shape index (κ2) is 8.19. The van der Waals surface area contributed by atoms with Gasteiger partial charge in [0.1, 0.15) is 5.82 Å². The minimum absolute atomic E-state index is 0.0689. The first-order valence-corrected chi connectivity index (χ1v) is 9.79. The zero-order valence-corrected chi connectivity index (χ0v) is 15.5. The summed E-state index contributed by atoms with van der Waals surface area (Å²) < 4.78 is 14.8. The minimum Gasteiger partial charge on any atom is -0.323 e. The van der Waals surface area contributed by atoms with Crippen molar-refractivity contribution in [1.82, 2.24) is 10.2 Å². The molecule has 0 saturated carbocycles. The zero-order valence-electron chi connectivity index (χ0n) is 15.5. The average Bonchev–Trinajstić information content (AvgIpc) is 2.71. The van der Waals surface area contributed by atoms with Gasteiger partial charge in [-0.1, -0.05) is 36.4 Å². The molecule has 142 valence electrons. The van der Waals surface area contributed by atoms with E-state index in [4.69, 9.17) is 0 Å². The van der Waals surface area contributed by atoms with Crippen LogP contribution in [0.15, 0.2) is 42.5 Å². The predicted octanol–water partition coefficient (Wildman–Crippen LogP) is 3.32. The Balaban J connectivity index is 1.41. The summed E-state index contributed by atoms with van der Waals surface area (Å²) in [5.74, 6) is -0.431. The summed E-state index contributed by atoms with van der Waals surface area (Å²) in [5.41, 5.74) is 3.30. The maximum absolute atomic E-state index is 14.8. The molecule has 2 N–H and O–H groups in total. The largest absolute Gasteiger partial charge is 0.323 e. The molecule has 1 unspecified atom stereocenters. The normalized spacial score (nSPS) is 20.1. The summed E-state index contributed by atoms with van der Waals surface area (Å²) in [6.07, 6.45) is 2.51. The van der Waals surface area contributed by atoms with Crippen LogP contribution < -0.4 is 10.6 Å². The van der Waals surface area contributed by atoms with Gasteiger partial charge in [0.05, 0.1) is 11.6 Å². The van der Waals surface area contributed by atoms with Crippen molar-refractivity contribution in [3.63, 3.8) is 0 Å². The van der Waals surface area contributed by atoms with Crippen molar-refractivity contribution in [1.29, 1.82) is 0 Å². The van der Waals surface area contributed by atoms with E-state index in [1.54, 1.807) is 6.07 Å². The number of benzene rings is 2. The molecule has 0 aliphatic carbocycles. The number of fused-ring (bicyclic) bond motifs is 1. The molecule has 1 fully saturated rings. The summed E-state index contributed by atoms with van der Waals surface area (Å²) in [5, 5.41) is 6.10. The molecule has 1 atom stereocenters. The molecule has 2 aromatic carbocycles. The van der Waals surface area contributed by atoms with Crippen LogP contribution in [0.1, 0.15) is 29.5 Å². The first-order valence-electron chi connectivity index (χ1n) is 9.79. The Labute approximate surface area is 159 Å². The van der Waals surface area contributed by atoms with Crippen LogP contribution in [0.25, 0.3) is 0 Å². The van der Waals surface area contributed by atoms with Crippen molar-refractivity contribution >= 4 is 11.6 Å². The first-order chi connectivity index (χ1) is 13.2. The van der Waals surface area contributed by atoms with Gasteiger partial charge < -0.3 is 10.6 Å². The van der Waals surface area contributed by atoms with Gasteiger partial charge in [0.15, 0.2) is 0 Å². The van der Waals surface area contributed by atoms with E-state index >= 15 is 0 Å². The molecule has 27 heavy (non-hydrogen) atoms. The van der Waals surface area contributed by atoms with Gasteiger partial charge >= 0.3 is 0 Å². The second-order valence-electron chi connectivity index (χ2n) is 7.54. The van der Waals surface area contributed by atoms with Crippen molar-refractivity contribution < 1.29 is 9.18 Å². The summed E-state index contributed by atoms with van der Waals surface area (Å²) in [6, 6.07) is 13.9. The highest BCUT2D eigenvalue weighted by Crippen LogP contribution is 2.26. The number of amides is 1. The fourth-order valence-electron chi connectivity index (χ4n) is 4.12. The van der Waals surface area contributed by atoms with Crippen molar-refractivity contribution in [2.24, 2.45) is 5.92 Å². The van der Waals surface area contributed by atoms with Gasteiger partial charge in [0.25, 0.3) is 0 Å². The minimum atomic E-state index is -0.265. The number of rotatable bonds is 4. The number of nitrogens with one attached hydrogen (secondary N) is 2. The Morgan fingerprint density at radius 1 is 1.22 bits per heavy atom. The van der Waals surface area contributed by atoms with Crippen LogP contribution in [0.4, 0.5) is 10.1 Å². The molecule has 0 bridgehead atoms. The fourth-order valence-corrected chi connectivity index (χ4v) is 4.12.